The Morgan fingerprint density at radius 3 is 2.47 bits per heavy atom. The number of unbranched alkanes of at least 4 members (excludes halogenated alkanes) is 1. The number of nitrogens with zero attached hydrogens (tertiary/aromatic N) is 1. The predicted octanol–water partition coefficient (Wildman–Crippen LogP) is 3.33. The fourth-order valence-corrected chi connectivity index (χ4v) is 3.92. The molecule has 0 bridgehead atoms. The second-order valence-corrected chi connectivity index (χ2v) is 6.71. The first-order valence-corrected chi connectivity index (χ1v) is 7.10. The summed E-state index contributed by atoms with van der Waals surface area (Å²) in [4.78, 5) is 1.89. The van der Waals surface area contributed by atoms with Crippen LogP contribution in [0.25, 0.3) is 0 Å². The minimum Gasteiger partial charge on any atom is -0.358 e. The molecule has 2 rings (SSSR count). The molecular weight excluding hydrogens is 232 g/mol. The molecule has 0 saturated carbocycles. The first-order valence-electron chi connectivity index (χ1n) is 6.29. The molecule has 1 aliphatic heterocycles. The monoisotopic (exact) mass is 254 g/mol. The number of thiazole rings is 1. The van der Waals surface area contributed by atoms with E-state index in [1.165, 1.54) is 10.6 Å². The van der Waals surface area contributed by atoms with Crippen molar-refractivity contribution in [2.45, 2.75) is 65.2 Å². The fraction of sp³-hybridized carbons (Fsp3) is 0.769. The Bertz CT molecular complexity index is 482. The van der Waals surface area contributed by atoms with Crippen molar-refractivity contribution in [3.8, 4) is 0 Å². The molecule has 0 fully saturated rings. The summed E-state index contributed by atoms with van der Waals surface area (Å²) < 4.78 is 8.27. The van der Waals surface area contributed by atoms with Gasteiger partial charge in [-0.3, -0.25) is 5.41 Å². The molecule has 0 aromatic carbocycles. The number of aromatic nitrogens is 1. The van der Waals surface area contributed by atoms with Crippen molar-refractivity contribution in [1.29, 1.82) is 5.41 Å². The quantitative estimate of drug-likeness (QED) is 0.882. The third-order valence-electron chi connectivity index (χ3n) is 3.29. The van der Waals surface area contributed by atoms with Gasteiger partial charge in [-0.05, 0) is 34.1 Å². The van der Waals surface area contributed by atoms with Crippen molar-refractivity contribution >= 4 is 11.3 Å². The summed E-state index contributed by atoms with van der Waals surface area (Å²) in [6, 6.07) is 0. The summed E-state index contributed by atoms with van der Waals surface area (Å²) in [5.74, 6) is 0. The maximum Gasteiger partial charge on any atom is 0.182 e. The third-order valence-corrected chi connectivity index (χ3v) is 4.59. The normalized spacial score (nSPS) is 20.5. The van der Waals surface area contributed by atoms with E-state index >= 15 is 0 Å². The molecule has 0 aliphatic carbocycles. The van der Waals surface area contributed by atoms with Gasteiger partial charge in [0.15, 0.2) is 4.80 Å². The molecule has 0 amide bonds. The van der Waals surface area contributed by atoms with Gasteiger partial charge in [-0.2, -0.15) is 0 Å². The number of ether oxygens (including phenoxy) is 1. The van der Waals surface area contributed by atoms with Gasteiger partial charge in [-0.25, -0.2) is 0 Å². The van der Waals surface area contributed by atoms with Crippen LogP contribution in [0.5, 0.6) is 0 Å². The molecule has 96 valence electrons. The maximum atomic E-state index is 8.13. The van der Waals surface area contributed by atoms with Crippen LogP contribution in [0.2, 0.25) is 0 Å². The van der Waals surface area contributed by atoms with Gasteiger partial charge < -0.3 is 9.30 Å². The van der Waals surface area contributed by atoms with Gasteiger partial charge in [0.2, 0.25) is 0 Å². The molecule has 0 radical (unpaired) electrons. The van der Waals surface area contributed by atoms with Crippen molar-refractivity contribution in [3.05, 3.63) is 15.4 Å². The third kappa shape index (κ3) is 1.97. The summed E-state index contributed by atoms with van der Waals surface area (Å²) in [6.07, 6.45) is 2.28. The largest absolute Gasteiger partial charge is 0.358 e. The molecule has 1 aliphatic rings. The lowest BCUT2D eigenvalue weighted by atomic mass is 10.0. The zero-order valence-corrected chi connectivity index (χ0v) is 12.2. The number of nitrogens with one attached hydrogen (secondary N) is 1. The molecule has 1 aromatic heterocycles. The van der Waals surface area contributed by atoms with E-state index in [2.05, 4.69) is 39.2 Å². The van der Waals surface area contributed by atoms with E-state index in [4.69, 9.17) is 10.1 Å². The highest BCUT2D eigenvalue weighted by Crippen LogP contribution is 2.47. The van der Waals surface area contributed by atoms with Crippen molar-refractivity contribution in [1.82, 2.24) is 4.57 Å². The molecular formula is C13H22N2OS. The molecule has 2 heterocycles. The van der Waals surface area contributed by atoms with Gasteiger partial charge in [0.05, 0.1) is 16.2 Å². The number of hydrogen-bond acceptors (Lipinski definition) is 3. The number of rotatable bonds is 3. The highest BCUT2D eigenvalue weighted by Gasteiger charge is 2.46. The molecule has 0 spiro atoms. The van der Waals surface area contributed by atoms with Crippen molar-refractivity contribution in [2.75, 3.05) is 0 Å². The molecule has 4 heteroatoms. The molecule has 17 heavy (non-hydrogen) atoms. The van der Waals surface area contributed by atoms with Crippen molar-refractivity contribution in [3.63, 3.8) is 0 Å². The van der Waals surface area contributed by atoms with Gasteiger partial charge in [-0.15, -0.1) is 0 Å². The molecule has 0 atom stereocenters. The predicted molar refractivity (Wildman–Crippen MR) is 70.2 cm³/mol. The zero-order valence-electron chi connectivity index (χ0n) is 11.4. The first kappa shape index (κ1) is 12.8. The second kappa shape index (κ2) is 3.95. The van der Waals surface area contributed by atoms with E-state index in [-0.39, 0.29) is 11.2 Å². The Labute approximate surface area is 107 Å². The van der Waals surface area contributed by atoms with Gasteiger partial charge in [0, 0.05) is 6.54 Å². The lowest BCUT2D eigenvalue weighted by molar-refractivity contribution is -0.106. The Hall–Kier alpha value is -0.610. The van der Waals surface area contributed by atoms with Crippen LogP contribution < -0.4 is 4.80 Å². The highest BCUT2D eigenvalue weighted by molar-refractivity contribution is 7.09. The topological polar surface area (TPSA) is 38.0 Å². The molecule has 0 saturated heterocycles. The van der Waals surface area contributed by atoms with E-state index < -0.39 is 0 Å². The van der Waals surface area contributed by atoms with Gasteiger partial charge >= 0.3 is 0 Å². The number of fused-ring (bicyclic) bond motifs is 1. The standard InChI is InChI=1S/C13H22N2OS/c1-6-7-8-15-9-10(17-11(15)14)13(4,5)16-12(9,2)3/h14H,6-8H2,1-5H3. The average Bonchev–Trinajstić information content (AvgIpc) is 2.59. The molecule has 0 unspecified atom stereocenters. The minimum atomic E-state index is -0.275. The van der Waals surface area contributed by atoms with Crippen LogP contribution >= 0.6 is 11.3 Å². The number of hydrogen-bond donors (Lipinski definition) is 1. The molecule has 3 nitrogen and oxygen atoms in total. The van der Waals surface area contributed by atoms with Crippen LogP contribution in [0, 0.1) is 5.41 Å². The molecule has 1 N–H and O–H groups in total. The highest BCUT2D eigenvalue weighted by atomic mass is 32.1. The van der Waals surface area contributed by atoms with Crippen LogP contribution in [0.1, 0.15) is 58.0 Å². The summed E-state index contributed by atoms with van der Waals surface area (Å²) in [5.41, 5.74) is 0.685. The lowest BCUT2D eigenvalue weighted by Gasteiger charge is -2.26. The minimum absolute atomic E-state index is 0.253. The SMILES string of the molecule is CCCCn1c2c(sc1=N)C(C)(C)OC2(C)C. The van der Waals surface area contributed by atoms with Crippen LogP contribution in [0.4, 0.5) is 0 Å². The van der Waals surface area contributed by atoms with Gasteiger partial charge in [0.1, 0.15) is 5.60 Å². The second-order valence-electron chi connectivity index (χ2n) is 5.71. The molecule has 1 aromatic rings. The van der Waals surface area contributed by atoms with Crippen LogP contribution in [-0.2, 0) is 22.5 Å². The summed E-state index contributed by atoms with van der Waals surface area (Å²) in [5, 5.41) is 8.13. The summed E-state index contributed by atoms with van der Waals surface area (Å²) >= 11 is 1.57. The fourth-order valence-electron chi connectivity index (χ4n) is 2.69. The maximum absolute atomic E-state index is 8.13. The first-order chi connectivity index (χ1) is 7.79. The van der Waals surface area contributed by atoms with E-state index in [0.717, 1.165) is 19.4 Å². The van der Waals surface area contributed by atoms with E-state index in [1.54, 1.807) is 11.3 Å². The average molecular weight is 254 g/mol. The van der Waals surface area contributed by atoms with E-state index in [9.17, 15) is 0 Å². The van der Waals surface area contributed by atoms with Crippen molar-refractivity contribution < 1.29 is 4.74 Å². The Morgan fingerprint density at radius 2 is 1.88 bits per heavy atom. The summed E-state index contributed by atoms with van der Waals surface area (Å²) in [6.45, 7) is 11.5. The van der Waals surface area contributed by atoms with Crippen LogP contribution in [0.15, 0.2) is 0 Å². The zero-order chi connectivity index (χ0) is 12.8. The van der Waals surface area contributed by atoms with Gasteiger partial charge in [0.25, 0.3) is 0 Å². The summed E-state index contributed by atoms with van der Waals surface area (Å²) in [7, 11) is 0. The van der Waals surface area contributed by atoms with E-state index in [0.29, 0.717) is 4.80 Å². The van der Waals surface area contributed by atoms with Gasteiger partial charge in [-0.1, -0.05) is 24.7 Å². The van der Waals surface area contributed by atoms with Crippen molar-refractivity contribution in [2.24, 2.45) is 0 Å². The Balaban J connectivity index is 2.55. The Morgan fingerprint density at radius 1 is 1.24 bits per heavy atom. The smallest absolute Gasteiger partial charge is 0.182 e. The lowest BCUT2D eigenvalue weighted by Crippen LogP contribution is -2.28. The Kier molecular flexibility index (Phi) is 2.99. The van der Waals surface area contributed by atoms with Crippen LogP contribution in [0.3, 0.4) is 0 Å². The van der Waals surface area contributed by atoms with E-state index in [1.807, 2.05) is 0 Å². The van der Waals surface area contributed by atoms with Crippen LogP contribution in [-0.4, -0.2) is 4.57 Å².